The molecule has 4 aromatic rings. The Balaban J connectivity index is 1.37. The summed E-state index contributed by atoms with van der Waals surface area (Å²) in [5.41, 5.74) is 2.39. The summed E-state index contributed by atoms with van der Waals surface area (Å²) in [4.78, 5) is 29.7. The van der Waals surface area contributed by atoms with Crippen LogP contribution in [0.15, 0.2) is 42.7 Å². The normalized spacial score (nSPS) is 14.4. The summed E-state index contributed by atoms with van der Waals surface area (Å²) in [5, 5.41) is 3.44. The van der Waals surface area contributed by atoms with E-state index in [0.29, 0.717) is 40.9 Å². The van der Waals surface area contributed by atoms with Crippen LogP contribution in [0.5, 0.6) is 0 Å². The van der Waals surface area contributed by atoms with Gasteiger partial charge >= 0.3 is 0 Å². The van der Waals surface area contributed by atoms with Gasteiger partial charge in [0.05, 0.1) is 17.3 Å². The van der Waals surface area contributed by atoms with E-state index in [2.05, 4.69) is 32.1 Å². The first kappa shape index (κ1) is 25.7. The van der Waals surface area contributed by atoms with Crippen molar-refractivity contribution in [3.8, 4) is 11.3 Å². The number of aryl methyl sites for hydroxylation is 1. The predicted octanol–water partition coefficient (Wildman–Crippen LogP) is 5.18. The molecule has 1 saturated heterocycles. The number of hydrogen-bond acceptors (Lipinski definition) is 6. The summed E-state index contributed by atoms with van der Waals surface area (Å²) in [5.74, 6) is -0.643. The molecule has 4 heterocycles. The molecule has 3 aromatic heterocycles. The van der Waals surface area contributed by atoms with E-state index in [9.17, 15) is 9.18 Å². The molecule has 0 bridgehead atoms. The number of hydrogen-bond donors (Lipinski definition) is 1. The number of halogens is 2. The molecule has 1 aliphatic rings. The maximum Gasteiger partial charge on any atom is 0.255 e. The van der Waals surface area contributed by atoms with E-state index in [1.165, 1.54) is 12.3 Å². The smallest absolute Gasteiger partial charge is 0.255 e. The van der Waals surface area contributed by atoms with Crippen molar-refractivity contribution < 1.29 is 13.6 Å². The van der Waals surface area contributed by atoms with Gasteiger partial charge in [0.15, 0.2) is 5.82 Å². The zero-order valence-electron chi connectivity index (χ0n) is 22.0. The Morgan fingerprint density at radius 1 is 1.03 bits per heavy atom. The van der Waals surface area contributed by atoms with E-state index in [4.69, 9.17) is 0 Å². The fraction of sp³-hybridized carbons (Fsp3) is 0.357. The van der Waals surface area contributed by atoms with Gasteiger partial charge in [0, 0.05) is 55.1 Å². The predicted molar refractivity (Wildman–Crippen MR) is 144 cm³/mol. The molecule has 0 spiro atoms. The van der Waals surface area contributed by atoms with Crippen molar-refractivity contribution in [2.75, 3.05) is 38.0 Å². The third kappa shape index (κ3) is 4.96. The number of nitrogens with zero attached hydrogens (tertiary/aromatic N) is 6. The minimum absolute atomic E-state index is 0.0181. The average molecular weight is 520 g/mol. The van der Waals surface area contributed by atoms with Gasteiger partial charge in [-0.3, -0.25) is 4.79 Å². The highest BCUT2D eigenvalue weighted by Crippen LogP contribution is 2.32. The van der Waals surface area contributed by atoms with Gasteiger partial charge in [0.1, 0.15) is 17.3 Å². The van der Waals surface area contributed by atoms with Crippen molar-refractivity contribution in [1.82, 2.24) is 29.3 Å². The van der Waals surface area contributed by atoms with Crippen LogP contribution in [0.1, 0.15) is 42.9 Å². The van der Waals surface area contributed by atoms with Crippen molar-refractivity contribution in [3.05, 3.63) is 65.6 Å². The Morgan fingerprint density at radius 2 is 1.79 bits per heavy atom. The van der Waals surface area contributed by atoms with E-state index in [-0.39, 0.29) is 23.6 Å². The van der Waals surface area contributed by atoms with Gasteiger partial charge in [0.2, 0.25) is 5.95 Å². The summed E-state index contributed by atoms with van der Waals surface area (Å²) in [6.07, 6.45) is 2.56. The quantitative estimate of drug-likeness (QED) is 0.378. The van der Waals surface area contributed by atoms with Crippen LogP contribution in [0, 0.1) is 18.6 Å². The minimum Gasteiger partial charge on any atom is -0.342 e. The Kier molecular flexibility index (Phi) is 7.07. The number of nitrogens with one attached hydrogen (secondary N) is 1. The minimum atomic E-state index is -0.661. The molecule has 1 aliphatic heterocycles. The number of benzene rings is 1. The first-order chi connectivity index (χ1) is 18.2. The number of rotatable bonds is 6. The van der Waals surface area contributed by atoms with Gasteiger partial charge in [-0.1, -0.05) is 6.92 Å². The lowest BCUT2D eigenvalue weighted by atomic mass is 10.1. The number of pyridine rings is 1. The number of amides is 1. The second-order valence-electron chi connectivity index (χ2n) is 9.81. The standard InChI is InChI=1S/C28H31F2N7O/c1-5-35-8-10-36(11-9-35)27(38)19-6-7-25(31-15-19)33-28-32-16-23(30)26(34-28)20-13-22(29)21-12-18(4)37(17(2)3)24(21)14-20/h6-7,12-17H,5,8-11H2,1-4H3,(H,31,32,33,34). The SMILES string of the molecule is CCN1CCN(C(=O)c2ccc(Nc3ncc(F)c(-c4cc(F)c5cc(C)n(C(C)C)c5c4)n3)nc2)CC1. The van der Waals surface area contributed by atoms with Crippen molar-refractivity contribution in [2.45, 2.75) is 33.7 Å². The monoisotopic (exact) mass is 519 g/mol. The lowest BCUT2D eigenvalue weighted by molar-refractivity contribution is 0.0643. The molecule has 0 unspecified atom stereocenters. The summed E-state index contributed by atoms with van der Waals surface area (Å²) in [6.45, 7) is 12.1. The molecule has 0 aliphatic carbocycles. The lowest BCUT2D eigenvalue weighted by Gasteiger charge is -2.34. The molecular formula is C28H31F2N7O. The van der Waals surface area contributed by atoms with Crippen LogP contribution in [-0.2, 0) is 0 Å². The Hall–Kier alpha value is -3.92. The summed E-state index contributed by atoms with van der Waals surface area (Å²) < 4.78 is 31.8. The molecule has 0 saturated carbocycles. The van der Waals surface area contributed by atoms with Gasteiger partial charge in [-0.15, -0.1) is 0 Å². The number of piperazine rings is 1. The van der Waals surface area contributed by atoms with Crippen LogP contribution < -0.4 is 5.32 Å². The Labute approximate surface area is 220 Å². The maximum absolute atomic E-state index is 15.0. The lowest BCUT2D eigenvalue weighted by Crippen LogP contribution is -2.48. The number of anilines is 2. The first-order valence-electron chi connectivity index (χ1n) is 12.8. The third-order valence-electron chi connectivity index (χ3n) is 6.99. The fourth-order valence-corrected chi connectivity index (χ4v) is 5.02. The van der Waals surface area contributed by atoms with Gasteiger partial charge in [0.25, 0.3) is 5.91 Å². The van der Waals surface area contributed by atoms with Crippen LogP contribution in [-0.4, -0.2) is 67.9 Å². The molecule has 5 rings (SSSR count). The molecule has 38 heavy (non-hydrogen) atoms. The molecule has 1 N–H and O–H groups in total. The van der Waals surface area contributed by atoms with Crippen molar-refractivity contribution >= 4 is 28.6 Å². The second kappa shape index (κ2) is 10.4. The zero-order chi connectivity index (χ0) is 27.0. The molecule has 1 aromatic carbocycles. The summed E-state index contributed by atoms with van der Waals surface area (Å²) >= 11 is 0. The van der Waals surface area contributed by atoms with Crippen molar-refractivity contribution in [1.29, 1.82) is 0 Å². The highest BCUT2D eigenvalue weighted by molar-refractivity contribution is 5.94. The summed E-state index contributed by atoms with van der Waals surface area (Å²) in [7, 11) is 0. The molecule has 10 heteroatoms. The molecule has 1 fully saturated rings. The number of carbonyl (C=O) groups excluding carboxylic acids is 1. The van der Waals surface area contributed by atoms with Gasteiger partial charge in [-0.05, 0) is 57.6 Å². The van der Waals surface area contributed by atoms with Gasteiger partial charge in [-0.25, -0.2) is 23.7 Å². The number of carbonyl (C=O) groups is 1. The largest absolute Gasteiger partial charge is 0.342 e. The number of likely N-dealkylation sites (N-methyl/N-ethyl adjacent to an activating group) is 1. The van der Waals surface area contributed by atoms with Gasteiger partial charge < -0.3 is 19.7 Å². The van der Waals surface area contributed by atoms with Gasteiger partial charge in [-0.2, -0.15) is 0 Å². The Morgan fingerprint density at radius 3 is 2.45 bits per heavy atom. The second-order valence-corrected chi connectivity index (χ2v) is 9.81. The molecule has 1 amide bonds. The van der Waals surface area contributed by atoms with Crippen LogP contribution >= 0.6 is 0 Å². The Bertz CT molecular complexity index is 1480. The van der Waals surface area contributed by atoms with Crippen LogP contribution in [0.3, 0.4) is 0 Å². The first-order valence-corrected chi connectivity index (χ1v) is 12.8. The topological polar surface area (TPSA) is 79.2 Å². The fourth-order valence-electron chi connectivity index (χ4n) is 5.02. The highest BCUT2D eigenvalue weighted by Gasteiger charge is 2.22. The van der Waals surface area contributed by atoms with E-state index in [1.807, 2.05) is 30.2 Å². The van der Waals surface area contributed by atoms with Crippen LogP contribution in [0.4, 0.5) is 20.5 Å². The van der Waals surface area contributed by atoms with Crippen molar-refractivity contribution in [3.63, 3.8) is 0 Å². The number of fused-ring (bicyclic) bond motifs is 1. The average Bonchev–Trinajstić information content (AvgIpc) is 3.26. The maximum atomic E-state index is 15.0. The number of aromatic nitrogens is 4. The van der Waals surface area contributed by atoms with E-state index >= 15 is 4.39 Å². The summed E-state index contributed by atoms with van der Waals surface area (Å²) in [6, 6.07) is 8.30. The van der Waals surface area contributed by atoms with Crippen molar-refractivity contribution in [2.24, 2.45) is 0 Å². The molecule has 198 valence electrons. The highest BCUT2D eigenvalue weighted by atomic mass is 19.1. The van der Waals surface area contributed by atoms with E-state index in [1.54, 1.807) is 24.3 Å². The molecule has 0 radical (unpaired) electrons. The van der Waals surface area contributed by atoms with E-state index < -0.39 is 11.6 Å². The van der Waals surface area contributed by atoms with Crippen LogP contribution in [0.25, 0.3) is 22.2 Å². The van der Waals surface area contributed by atoms with Crippen LogP contribution in [0.2, 0.25) is 0 Å². The zero-order valence-corrected chi connectivity index (χ0v) is 22.0. The molecule has 0 atom stereocenters. The molecular weight excluding hydrogens is 488 g/mol. The third-order valence-corrected chi connectivity index (χ3v) is 6.99. The molecule has 8 nitrogen and oxygen atoms in total. The van der Waals surface area contributed by atoms with E-state index in [0.717, 1.165) is 31.5 Å².